The number of carbonyl (C=O) groups is 1. The largest absolute Gasteiger partial charge is 0.355 e. The van der Waals surface area contributed by atoms with Gasteiger partial charge in [-0.1, -0.05) is 6.92 Å². The van der Waals surface area contributed by atoms with E-state index in [0.717, 1.165) is 65.1 Å². The number of hydrogen-bond acceptors (Lipinski definition) is 6. The van der Waals surface area contributed by atoms with Crippen molar-refractivity contribution in [2.75, 3.05) is 44.2 Å². The van der Waals surface area contributed by atoms with Gasteiger partial charge >= 0.3 is 0 Å². The molecule has 0 spiro atoms. The lowest BCUT2D eigenvalue weighted by molar-refractivity contribution is -0.125. The van der Waals surface area contributed by atoms with Crippen LogP contribution in [0.1, 0.15) is 32.6 Å². The summed E-state index contributed by atoms with van der Waals surface area (Å²) < 4.78 is 1.09. The molecule has 2 aliphatic rings. The normalized spacial score (nSPS) is 19.2. The number of aromatic nitrogens is 2. The monoisotopic (exact) mass is 491 g/mol. The van der Waals surface area contributed by atoms with Crippen molar-refractivity contribution in [1.29, 1.82) is 0 Å². The SMILES string of the molecule is CC1CCN(CCNC(=O)C2CCN(c3ccc(-c4ccc(Br)s4)nn3)CC2)CC1. The van der Waals surface area contributed by atoms with Gasteiger partial charge in [0.2, 0.25) is 5.91 Å². The van der Waals surface area contributed by atoms with Crippen LogP contribution in [0.2, 0.25) is 0 Å². The van der Waals surface area contributed by atoms with Crippen molar-refractivity contribution in [1.82, 2.24) is 20.4 Å². The van der Waals surface area contributed by atoms with Crippen LogP contribution in [0.25, 0.3) is 10.6 Å². The van der Waals surface area contributed by atoms with E-state index in [9.17, 15) is 4.79 Å². The fourth-order valence-corrected chi connectivity index (χ4v) is 5.57. The van der Waals surface area contributed by atoms with E-state index in [1.807, 2.05) is 24.3 Å². The summed E-state index contributed by atoms with van der Waals surface area (Å²) in [5.74, 6) is 2.07. The lowest BCUT2D eigenvalue weighted by Gasteiger charge is -2.32. The molecule has 4 rings (SSSR count). The maximum Gasteiger partial charge on any atom is 0.223 e. The quantitative estimate of drug-likeness (QED) is 0.660. The van der Waals surface area contributed by atoms with Crippen molar-refractivity contribution < 1.29 is 4.79 Å². The Hall–Kier alpha value is -1.51. The molecule has 8 heteroatoms. The van der Waals surface area contributed by atoms with Gasteiger partial charge in [0, 0.05) is 32.1 Å². The zero-order valence-corrected chi connectivity index (χ0v) is 19.9. The molecule has 30 heavy (non-hydrogen) atoms. The second-order valence-electron chi connectivity index (χ2n) is 8.46. The summed E-state index contributed by atoms with van der Waals surface area (Å²) >= 11 is 5.14. The summed E-state index contributed by atoms with van der Waals surface area (Å²) in [6.07, 6.45) is 4.30. The lowest BCUT2D eigenvalue weighted by atomic mass is 9.96. The first-order valence-electron chi connectivity index (χ1n) is 10.9. The topological polar surface area (TPSA) is 61.4 Å². The van der Waals surface area contributed by atoms with E-state index in [0.29, 0.717) is 0 Å². The molecule has 0 aliphatic carbocycles. The lowest BCUT2D eigenvalue weighted by Crippen LogP contribution is -2.43. The van der Waals surface area contributed by atoms with Gasteiger partial charge in [-0.05, 0) is 84.9 Å². The van der Waals surface area contributed by atoms with Gasteiger partial charge in [0.1, 0.15) is 5.69 Å². The summed E-state index contributed by atoms with van der Waals surface area (Å²) in [4.78, 5) is 18.4. The molecule has 2 fully saturated rings. The van der Waals surface area contributed by atoms with Gasteiger partial charge in [-0.2, -0.15) is 0 Å². The first kappa shape index (κ1) is 21.7. The Bertz CT molecular complexity index is 826. The summed E-state index contributed by atoms with van der Waals surface area (Å²) in [7, 11) is 0. The molecule has 0 atom stereocenters. The first-order valence-corrected chi connectivity index (χ1v) is 12.5. The molecule has 2 aromatic heterocycles. The second kappa shape index (κ2) is 10.2. The number of likely N-dealkylation sites (tertiary alicyclic amines) is 1. The van der Waals surface area contributed by atoms with Crippen molar-refractivity contribution in [2.45, 2.75) is 32.6 Å². The molecule has 0 bridgehead atoms. The third-order valence-electron chi connectivity index (χ3n) is 6.27. The van der Waals surface area contributed by atoms with Gasteiger partial charge in [0.15, 0.2) is 5.82 Å². The van der Waals surface area contributed by atoms with Crippen LogP contribution in [0.5, 0.6) is 0 Å². The third kappa shape index (κ3) is 5.59. The second-order valence-corrected chi connectivity index (χ2v) is 10.9. The molecule has 0 unspecified atom stereocenters. The van der Waals surface area contributed by atoms with Crippen LogP contribution in [0, 0.1) is 11.8 Å². The molecule has 0 saturated carbocycles. The zero-order chi connectivity index (χ0) is 20.9. The minimum absolute atomic E-state index is 0.110. The van der Waals surface area contributed by atoms with Crippen molar-refractivity contribution in [3.63, 3.8) is 0 Å². The maximum absolute atomic E-state index is 12.6. The number of hydrogen-bond donors (Lipinski definition) is 1. The summed E-state index contributed by atoms with van der Waals surface area (Å²) in [6.45, 7) is 8.09. The molecule has 0 radical (unpaired) electrons. The van der Waals surface area contributed by atoms with E-state index in [4.69, 9.17) is 0 Å². The highest BCUT2D eigenvalue weighted by Gasteiger charge is 2.26. The van der Waals surface area contributed by atoms with E-state index >= 15 is 0 Å². The van der Waals surface area contributed by atoms with E-state index in [-0.39, 0.29) is 11.8 Å². The standard InChI is InChI=1S/C22H30BrN5OS/c1-16-6-11-27(12-7-16)15-10-24-22(29)17-8-13-28(14-9-17)21-5-2-18(25-26-21)19-3-4-20(23)30-19/h2-5,16-17H,6-15H2,1H3,(H,24,29). The number of carbonyl (C=O) groups excluding carboxylic acids is 1. The van der Waals surface area contributed by atoms with Crippen LogP contribution in [0.15, 0.2) is 28.1 Å². The molecule has 4 heterocycles. The number of nitrogens with zero attached hydrogens (tertiary/aromatic N) is 4. The molecule has 2 aliphatic heterocycles. The smallest absolute Gasteiger partial charge is 0.223 e. The Balaban J connectivity index is 1.20. The number of nitrogens with one attached hydrogen (secondary N) is 1. The van der Waals surface area contributed by atoms with E-state index in [1.165, 1.54) is 25.9 Å². The van der Waals surface area contributed by atoms with Crippen LogP contribution >= 0.6 is 27.3 Å². The highest BCUT2D eigenvalue weighted by molar-refractivity contribution is 9.11. The highest BCUT2D eigenvalue weighted by atomic mass is 79.9. The van der Waals surface area contributed by atoms with Crippen molar-refractivity contribution in [2.24, 2.45) is 11.8 Å². The predicted octanol–water partition coefficient (Wildman–Crippen LogP) is 4.03. The molecule has 2 saturated heterocycles. The Morgan fingerprint density at radius 3 is 2.50 bits per heavy atom. The Labute approximate surface area is 191 Å². The molecular weight excluding hydrogens is 462 g/mol. The number of piperidine rings is 2. The number of anilines is 1. The van der Waals surface area contributed by atoms with Gasteiger partial charge in [-0.3, -0.25) is 4.79 Å². The minimum atomic E-state index is 0.110. The van der Waals surface area contributed by atoms with Crippen molar-refractivity contribution in [3.05, 3.63) is 28.1 Å². The average molecular weight is 492 g/mol. The Morgan fingerprint density at radius 1 is 1.10 bits per heavy atom. The van der Waals surface area contributed by atoms with Crippen molar-refractivity contribution in [3.8, 4) is 10.6 Å². The van der Waals surface area contributed by atoms with Crippen LogP contribution in [0.4, 0.5) is 5.82 Å². The average Bonchev–Trinajstić information content (AvgIpc) is 3.21. The molecular formula is C22H30BrN5OS. The van der Waals surface area contributed by atoms with Gasteiger partial charge in [0.25, 0.3) is 0 Å². The van der Waals surface area contributed by atoms with Gasteiger partial charge in [0.05, 0.1) is 8.66 Å². The summed E-state index contributed by atoms with van der Waals surface area (Å²) in [5, 5.41) is 12.0. The number of amides is 1. The Kier molecular flexibility index (Phi) is 7.38. The van der Waals surface area contributed by atoms with Crippen LogP contribution < -0.4 is 10.2 Å². The van der Waals surface area contributed by atoms with Gasteiger partial charge in [-0.25, -0.2) is 0 Å². The highest BCUT2D eigenvalue weighted by Crippen LogP contribution is 2.30. The summed E-state index contributed by atoms with van der Waals surface area (Å²) in [6, 6.07) is 8.14. The first-order chi connectivity index (χ1) is 14.6. The fourth-order valence-electron chi connectivity index (χ4n) is 4.22. The maximum atomic E-state index is 12.6. The molecule has 6 nitrogen and oxygen atoms in total. The van der Waals surface area contributed by atoms with Crippen LogP contribution in [-0.4, -0.2) is 60.3 Å². The minimum Gasteiger partial charge on any atom is -0.355 e. The molecule has 0 aromatic carbocycles. The van der Waals surface area contributed by atoms with Gasteiger partial charge < -0.3 is 15.1 Å². The van der Waals surface area contributed by atoms with Crippen molar-refractivity contribution >= 4 is 39.0 Å². The molecule has 2 aromatic rings. The zero-order valence-electron chi connectivity index (χ0n) is 17.5. The van der Waals surface area contributed by atoms with E-state index in [1.54, 1.807) is 11.3 Å². The van der Waals surface area contributed by atoms with E-state index in [2.05, 4.69) is 48.2 Å². The van der Waals surface area contributed by atoms with Crippen LogP contribution in [0.3, 0.4) is 0 Å². The fraction of sp³-hybridized carbons (Fsp3) is 0.591. The number of thiophene rings is 1. The Morgan fingerprint density at radius 2 is 1.87 bits per heavy atom. The number of rotatable bonds is 6. The van der Waals surface area contributed by atoms with Crippen LogP contribution in [-0.2, 0) is 4.79 Å². The molecule has 1 amide bonds. The molecule has 1 N–H and O–H groups in total. The molecule has 162 valence electrons. The third-order valence-corrected chi connectivity index (χ3v) is 7.92. The number of halogens is 1. The van der Waals surface area contributed by atoms with E-state index < -0.39 is 0 Å². The predicted molar refractivity (Wildman–Crippen MR) is 126 cm³/mol. The van der Waals surface area contributed by atoms with Gasteiger partial charge in [-0.15, -0.1) is 21.5 Å². The summed E-state index contributed by atoms with van der Waals surface area (Å²) in [5.41, 5.74) is 0.895.